The highest BCUT2D eigenvalue weighted by Gasteiger charge is 2.06. The number of carbonyl (C=O) groups excluding carboxylic acids is 1. The second kappa shape index (κ2) is 7.55. The van der Waals surface area contributed by atoms with Gasteiger partial charge >= 0.3 is 0 Å². The van der Waals surface area contributed by atoms with Crippen molar-refractivity contribution >= 4 is 21.8 Å². The fourth-order valence-corrected chi connectivity index (χ4v) is 1.23. The van der Waals surface area contributed by atoms with E-state index in [2.05, 4.69) is 15.9 Å². The summed E-state index contributed by atoms with van der Waals surface area (Å²) in [5.74, 6) is 0.116. The summed E-state index contributed by atoms with van der Waals surface area (Å²) in [7, 11) is 1.71. The summed E-state index contributed by atoms with van der Waals surface area (Å²) in [6.45, 7) is 0.480. The first-order valence-electron chi connectivity index (χ1n) is 4.13. The molecule has 0 bridgehead atoms. The molecule has 0 rings (SSSR count). The Labute approximate surface area is 81.9 Å². The van der Waals surface area contributed by atoms with Crippen molar-refractivity contribution in [2.45, 2.75) is 19.3 Å². The molecule has 0 aliphatic rings. The predicted molar refractivity (Wildman–Crippen MR) is 52.4 cm³/mol. The van der Waals surface area contributed by atoms with E-state index in [1.807, 2.05) is 0 Å². The topological polar surface area (TPSA) is 40.5 Å². The molecule has 3 nitrogen and oxygen atoms in total. The molecule has 0 saturated carbocycles. The SMILES string of the molecule is CN(CCO)C(=O)CCCCBr. The van der Waals surface area contributed by atoms with Gasteiger partial charge in [0.05, 0.1) is 6.61 Å². The Morgan fingerprint density at radius 3 is 2.67 bits per heavy atom. The lowest BCUT2D eigenvalue weighted by Crippen LogP contribution is -2.29. The summed E-state index contributed by atoms with van der Waals surface area (Å²) in [5, 5.41) is 9.50. The second-order valence-corrected chi connectivity index (χ2v) is 3.48. The molecule has 0 unspecified atom stereocenters. The molecule has 0 aliphatic carbocycles. The van der Waals surface area contributed by atoms with Gasteiger partial charge < -0.3 is 10.0 Å². The molecule has 1 N–H and O–H groups in total. The number of likely N-dealkylation sites (N-methyl/N-ethyl adjacent to an activating group) is 1. The molecule has 1 amide bonds. The lowest BCUT2D eigenvalue weighted by Gasteiger charge is -2.14. The zero-order chi connectivity index (χ0) is 9.40. The number of aliphatic hydroxyl groups is 1. The number of halogens is 1. The van der Waals surface area contributed by atoms with E-state index in [1.54, 1.807) is 11.9 Å². The quantitative estimate of drug-likeness (QED) is 0.554. The third-order valence-corrected chi connectivity index (χ3v) is 2.20. The van der Waals surface area contributed by atoms with Crippen LogP contribution in [-0.4, -0.2) is 41.4 Å². The van der Waals surface area contributed by atoms with Crippen LogP contribution in [0.2, 0.25) is 0 Å². The normalized spacial score (nSPS) is 9.92. The maximum atomic E-state index is 11.2. The van der Waals surface area contributed by atoms with Crippen LogP contribution in [0.3, 0.4) is 0 Å². The monoisotopic (exact) mass is 237 g/mol. The number of hydrogen-bond acceptors (Lipinski definition) is 2. The fraction of sp³-hybridized carbons (Fsp3) is 0.875. The Balaban J connectivity index is 3.43. The van der Waals surface area contributed by atoms with Crippen LogP contribution < -0.4 is 0 Å². The first-order valence-corrected chi connectivity index (χ1v) is 5.25. The van der Waals surface area contributed by atoms with Gasteiger partial charge in [-0.05, 0) is 12.8 Å². The molecular weight excluding hydrogens is 222 g/mol. The third kappa shape index (κ3) is 5.55. The van der Waals surface area contributed by atoms with Crippen LogP contribution in [0.1, 0.15) is 19.3 Å². The summed E-state index contributed by atoms with van der Waals surface area (Å²) in [4.78, 5) is 12.8. The maximum absolute atomic E-state index is 11.2. The van der Waals surface area contributed by atoms with Crippen LogP contribution in [0.25, 0.3) is 0 Å². The third-order valence-electron chi connectivity index (χ3n) is 1.64. The summed E-state index contributed by atoms with van der Waals surface area (Å²) in [6.07, 6.45) is 2.53. The van der Waals surface area contributed by atoms with E-state index in [0.717, 1.165) is 18.2 Å². The molecular formula is C8H16BrNO2. The predicted octanol–water partition coefficient (Wildman–Crippen LogP) is 1.00. The Bertz CT molecular complexity index is 130. The van der Waals surface area contributed by atoms with E-state index in [0.29, 0.717) is 13.0 Å². The number of unbranched alkanes of at least 4 members (excludes halogenated alkanes) is 1. The molecule has 0 heterocycles. The molecule has 0 fully saturated rings. The first-order chi connectivity index (χ1) is 5.72. The van der Waals surface area contributed by atoms with Gasteiger partial charge in [0.25, 0.3) is 0 Å². The van der Waals surface area contributed by atoms with Crippen molar-refractivity contribution in [1.82, 2.24) is 4.90 Å². The van der Waals surface area contributed by atoms with Crippen molar-refractivity contribution in [3.05, 3.63) is 0 Å². The van der Waals surface area contributed by atoms with E-state index in [9.17, 15) is 4.79 Å². The van der Waals surface area contributed by atoms with Gasteiger partial charge in [0.15, 0.2) is 0 Å². The minimum atomic E-state index is 0.0423. The van der Waals surface area contributed by atoms with Gasteiger partial charge in [0, 0.05) is 25.3 Å². The number of hydrogen-bond donors (Lipinski definition) is 1. The van der Waals surface area contributed by atoms with Crippen LogP contribution in [0, 0.1) is 0 Å². The van der Waals surface area contributed by atoms with Crippen LogP contribution in [-0.2, 0) is 4.79 Å². The van der Waals surface area contributed by atoms with Crippen molar-refractivity contribution in [2.75, 3.05) is 25.5 Å². The molecule has 0 aromatic rings. The molecule has 0 atom stereocenters. The van der Waals surface area contributed by atoms with Crippen molar-refractivity contribution in [2.24, 2.45) is 0 Å². The molecule has 4 heteroatoms. The first kappa shape index (κ1) is 11.9. The molecule has 0 saturated heterocycles. The van der Waals surface area contributed by atoms with Gasteiger partial charge in [-0.2, -0.15) is 0 Å². The Morgan fingerprint density at radius 2 is 2.17 bits per heavy atom. The summed E-state index contributed by atoms with van der Waals surface area (Å²) in [5.41, 5.74) is 0. The average Bonchev–Trinajstić information content (AvgIpc) is 2.05. The Morgan fingerprint density at radius 1 is 1.50 bits per heavy atom. The second-order valence-electron chi connectivity index (χ2n) is 2.68. The summed E-state index contributed by atoms with van der Waals surface area (Å²) < 4.78 is 0. The van der Waals surface area contributed by atoms with E-state index in [1.165, 1.54) is 0 Å². The molecule has 12 heavy (non-hydrogen) atoms. The van der Waals surface area contributed by atoms with Gasteiger partial charge in [-0.1, -0.05) is 15.9 Å². The van der Waals surface area contributed by atoms with Gasteiger partial charge in [0.1, 0.15) is 0 Å². The molecule has 0 radical (unpaired) electrons. The maximum Gasteiger partial charge on any atom is 0.222 e. The number of amides is 1. The van der Waals surface area contributed by atoms with Crippen LogP contribution in [0.5, 0.6) is 0 Å². The highest BCUT2D eigenvalue weighted by Crippen LogP contribution is 2.01. The van der Waals surface area contributed by atoms with Gasteiger partial charge in [-0.15, -0.1) is 0 Å². The molecule has 0 spiro atoms. The summed E-state index contributed by atoms with van der Waals surface area (Å²) >= 11 is 3.30. The van der Waals surface area contributed by atoms with Crippen LogP contribution in [0.4, 0.5) is 0 Å². The lowest BCUT2D eigenvalue weighted by molar-refractivity contribution is -0.130. The molecule has 0 aromatic carbocycles. The number of nitrogens with zero attached hydrogens (tertiary/aromatic N) is 1. The number of carbonyl (C=O) groups is 1. The number of alkyl halides is 1. The lowest BCUT2D eigenvalue weighted by atomic mass is 10.2. The smallest absolute Gasteiger partial charge is 0.222 e. The molecule has 72 valence electrons. The minimum Gasteiger partial charge on any atom is -0.395 e. The van der Waals surface area contributed by atoms with E-state index in [4.69, 9.17) is 5.11 Å². The van der Waals surface area contributed by atoms with Crippen molar-refractivity contribution in [1.29, 1.82) is 0 Å². The number of rotatable bonds is 6. The van der Waals surface area contributed by atoms with Gasteiger partial charge in [0.2, 0.25) is 5.91 Å². The molecule has 0 aromatic heterocycles. The highest BCUT2D eigenvalue weighted by molar-refractivity contribution is 9.09. The Kier molecular flexibility index (Phi) is 7.50. The molecule has 0 aliphatic heterocycles. The standard InChI is InChI=1S/C8H16BrNO2/c1-10(6-7-11)8(12)4-2-3-5-9/h11H,2-7H2,1H3. The minimum absolute atomic E-state index is 0.0423. The van der Waals surface area contributed by atoms with Crippen molar-refractivity contribution in [3.8, 4) is 0 Å². The van der Waals surface area contributed by atoms with Crippen molar-refractivity contribution in [3.63, 3.8) is 0 Å². The van der Waals surface area contributed by atoms with E-state index < -0.39 is 0 Å². The largest absolute Gasteiger partial charge is 0.395 e. The number of aliphatic hydroxyl groups excluding tert-OH is 1. The van der Waals surface area contributed by atoms with Gasteiger partial charge in [-0.25, -0.2) is 0 Å². The zero-order valence-electron chi connectivity index (χ0n) is 7.42. The van der Waals surface area contributed by atoms with Crippen LogP contribution >= 0.6 is 15.9 Å². The Hall–Kier alpha value is -0.0900. The summed E-state index contributed by atoms with van der Waals surface area (Å²) in [6, 6.07) is 0. The van der Waals surface area contributed by atoms with Crippen LogP contribution in [0.15, 0.2) is 0 Å². The van der Waals surface area contributed by atoms with E-state index >= 15 is 0 Å². The zero-order valence-corrected chi connectivity index (χ0v) is 9.01. The average molecular weight is 238 g/mol. The van der Waals surface area contributed by atoms with E-state index in [-0.39, 0.29) is 12.5 Å². The van der Waals surface area contributed by atoms with Crippen molar-refractivity contribution < 1.29 is 9.90 Å². The highest BCUT2D eigenvalue weighted by atomic mass is 79.9. The fourth-order valence-electron chi connectivity index (χ4n) is 0.836. The van der Waals surface area contributed by atoms with Gasteiger partial charge in [-0.3, -0.25) is 4.79 Å².